The summed E-state index contributed by atoms with van der Waals surface area (Å²) < 4.78 is 0. The summed E-state index contributed by atoms with van der Waals surface area (Å²) in [5.41, 5.74) is 0.866. The predicted octanol–water partition coefficient (Wildman–Crippen LogP) is 2.73. The average Bonchev–Trinajstić information content (AvgIpc) is 3.24. The smallest absolute Gasteiger partial charge is 0.312 e. The molecule has 0 N–H and O–H groups in total. The third kappa shape index (κ3) is 2.16. The summed E-state index contributed by atoms with van der Waals surface area (Å²) in [7, 11) is 0. The van der Waals surface area contributed by atoms with Gasteiger partial charge in [0.25, 0.3) is 5.91 Å². The fourth-order valence-corrected chi connectivity index (χ4v) is 4.73. The molecule has 1 aromatic heterocycles. The number of hydrogen-bond donors (Lipinski definition) is 0. The Morgan fingerprint density at radius 2 is 2.00 bits per heavy atom. The Bertz CT molecular complexity index is 557. The number of hydrogen-bond acceptors (Lipinski definition) is 4. The molecule has 1 unspecified atom stereocenters. The van der Waals surface area contributed by atoms with Crippen LogP contribution in [0.2, 0.25) is 0 Å². The van der Waals surface area contributed by atoms with Crippen molar-refractivity contribution in [1.82, 2.24) is 14.8 Å². The number of carbonyl (C=O) groups excluding carboxylic acids is 2. The van der Waals surface area contributed by atoms with Gasteiger partial charge in [0.05, 0.1) is 17.2 Å². The maximum atomic E-state index is 12.3. The molecular formula is C15H19N3O2S. The molecule has 1 saturated carbocycles. The zero-order chi connectivity index (χ0) is 14.4. The number of carbonyl (C=O) groups is 2. The monoisotopic (exact) mass is 305 g/mol. The molecule has 2 saturated heterocycles. The molecule has 21 heavy (non-hydrogen) atoms. The lowest BCUT2D eigenvalue weighted by molar-refractivity contribution is -0.128. The van der Waals surface area contributed by atoms with Gasteiger partial charge in [-0.25, -0.2) is 9.78 Å². The molecule has 5 nitrogen and oxygen atoms in total. The highest BCUT2D eigenvalue weighted by Crippen LogP contribution is 2.36. The fraction of sp³-hybridized carbons (Fsp3) is 0.667. The molecular weight excluding hydrogens is 286 g/mol. The topological polar surface area (TPSA) is 53.5 Å². The predicted molar refractivity (Wildman–Crippen MR) is 79.0 cm³/mol. The van der Waals surface area contributed by atoms with Gasteiger partial charge >= 0.3 is 6.03 Å². The van der Waals surface area contributed by atoms with E-state index in [-0.39, 0.29) is 18.0 Å². The minimum Gasteiger partial charge on any atom is -0.312 e. The summed E-state index contributed by atoms with van der Waals surface area (Å²) in [6.45, 7) is 1.06. The summed E-state index contributed by atoms with van der Waals surface area (Å²) in [4.78, 5) is 32.3. The molecule has 0 spiro atoms. The minimum absolute atomic E-state index is 0.0343. The van der Waals surface area contributed by atoms with Crippen LogP contribution in [0.1, 0.15) is 55.1 Å². The summed E-state index contributed by atoms with van der Waals surface area (Å²) >= 11 is 1.68. The second-order valence-electron chi connectivity index (χ2n) is 6.22. The molecule has 4 rings (SSSR count). The molecule has 3 aliphatic rings. The van der Waals surface area contributed by atoms with Crippen LogP contribution >= 0.6 is 11.3 Å². The van der Waals surface area contributed by atoms with Crippen molar-refractivity contribution in [3.63, 3.8) is 0 Å². The van der Waals surface area contributed by atoms with Crippen molar-refractivity contribution in [1.29, 1.82) is 0 Å². The van der Waals surface area contributed by atoms with Crippen LogP contribution in [0.3, 0.4) is 0 Å². The van der Waals surface area contributed by atoms with Gasteiger partial charge in [-0.15, -0.1) is 11.3 Å². The Morgan fingerprint density at radius 1 is 1.19 bits per heavy atom. The number of rotatable bonds is 3. The highest BCUT2D eigenvalue weighted by molar-refractivity contribution is 7.09. The Balaban J connectivity index is 1.48. The van der Waals surface area contributed by atoms with Gasteiger partial charge in [0.15, 0.2) is 0 Å². The molecule has 3 fully saturated rings. The van der Waals surface area contributed by atoms with Crippen molar-refractivity contribution in [2.45, 2.75) is 57.0 Å². The van der Waals surface area contributed by atoms with Crippen LogP contribution in [-0.2, 0) is 11.3 Å². The SMILES string of the molecule is O=C1C2CCCN2C(=O)N1Cc1csc(C2CCCC2)n1. The van der Waals surface area contributed by atoms with Crippen LogP contribution in [0, 0.1) is 0 Å². The van der Waals surface area contributed by atoms with Crippen molar-refractivity contribution in [2.75, 3.05) is 6.54 Å². The molecule has 1 aromatic rings. The summed E-state index contributed by atoms with van der Waals surface area (Å²) in [6, 6.07) is -0.330. The molecule has 0 aromatic carbocycles. The highest BCUT2D eigenvalue weighted by atomic mass is 32.1. The number of aromatic nitrogens is 1. The van der Waals surface area contributed by atoms with Crippen LogP contribution in [0.25, 0.3) is 0 Å². The third-order valence-corrected chi connectivity index (χ3v) is 5.93. The normalized spacial score (nSPS) is 26.2. The molecule has 112 valence electrons. The lowest BCUT2D eigenvalue weighted by Gasteiger charge is -2.14. The van der Waals surface area contributed by atoms with Crippen LogP contribution in [-0.4, -0.2) is 39.3 Å². The van der Waals surface area contributed by atoms with Crippen molar-refractivity contribution >= 4 is 23.3 Å². The third-order valence-electron chi connectivity index (χ3n) is 4.87. The van der Waals surface area contributed by atoms with Gasteiger partial charge in [-0.2, -0.15) is 0 Å². The number of imide groups is 1. The van der Waals surface area contributed by atoms with Gasteiger partial charge in [0.2, 0.25) is 0 Å². The van der Waals surface area contributed by atoms with E-state index in [2.05, 4.69) is 4.98 Å². The second kappa shape index (κ2) is 5.09. The number of thiazole rings is 1. The van der Waals surface area contributed by atoms with E-state index in [1.54, 1.807) is 16.2 Å². The van der Waals surface area contributed by atoms with E-state index < -0.39 is 0 Å². The minimum atomic E-state index is -0.203. The maximum Gasteiger partial charge on any atom is 0.327 e. The number of urea groups is 1. The average molecular weight is 305 g/mol. The molecule has 1 aliphatic carbocycles. The Kier molecular flexibility index (Phi) is 3.21. The van der Waals surface area contributed by atoms with Crippen LogP contribution in [0.5, 0.6) is 0 Å². The first-order valence-corrected chi connectivity index (χ1v) is 8.68. The van der Waals surface area contributed by atoms with Crippen molar-refractivity contribution < 1.29 is 9.59 Å². The summed E-state index contributed by atoms with van der Waals surface area (Å²) in [5, 5.41) is 3.19. The number of nitrogens with zero attached hydrogens (tertiary/aromatic N) is 3. The van der Waals surface area contributed by atoms with Gasteiger partial charge < -0.3 is 4.90 Å². The van der Waals surface area contributed by atoms with Gasteiger partial charge in [-0.3, -0.25) is 9.69 Å². The molecule has 3 heterocycles. The van der Waals surface area contributed by atoms with E-state index >= 15 is 0 Å². The van der Waals surface area contributed by atoms with Gasteiger partial charge in [-0.1, -0.05) is 12.8 Å². The molecule has 6 heteroatoms. The standard InChI is InChI=1S/C15H19N3O2S/c19-14-12-6-3-7-17(12)15(20)18(14)8-11-9-21-13(16-11)10-4-1-2-5-10/h9-10,12H,1-8H2. The van der Waals surface area contributed by atoms with Gasteiger partial charge in [0, 0.05) is 17.8 Å². The van der Waals surface area contributed by atoms with Crippen LogP contribution < -0.4 is 0 Å². The molecule has 2 aliphatic heterocycles. The van der Waals surface area contributed by atoms with Crippen molar-refractivity contribution in [3.05, 3.63) is 16.1 Å². The zero-order valence-corrected chi connectivity index (χ0v) is 12.8. The summed E-state index contributed by atoms with van der Waals surface area (Å²) in [5.74, 6) is 0.560. The highest BCUT2D eigenvalue weighted by Gasteiger charge is 2.47. The lowest BCUT2D eigenvalue weighted by atomic mass is 10.1. The van der Waals surface area contributed by atoms with E-state index in [1.807, 2.05) is 5.38 Å². The van der Waals surface area contributed by atoms with Gasteiger partial charge in [-0.05, 0) is 25.7 Å². The Morgan fingerprint density at radius 3 is 2.76 bits per heavy atom. The maximum absolute atomic E-state index is 12.3. The van der Waals surface area contributed by atoms with E-state index in [0.29, 0.717) is 12.5 Å². The van der Waals surface area contributed by atoms with Crippen molar-refractivity contribution in [3.8, 4) is 0 Å². The van der Waals surface area contributed by atoms with Crippen LogP contribution in [0.15, 0.2) is 5.38 Å². The lowest BCUT2D eigenvalue weighted by Crippen LogP contribution is -2.32. The van der Waals surface area contributed by atoms with E-state index in [0.717, 1.165) is 25.1 Å². The first-order chi connectivity index (χ1) is 10.2. The molecule has 1 atom stereocenters. The van der Waals surface area contributed by atoms with Crippen molar-refractivity contribution in [2.24, 2.45) is 0 Å². The summed E-state index contributed by atoms with van der Waals surface area (Å²) in [6.07, 6.45) is 6.79. The first-order valence-electron chi connectivity index (χ1n) is 7.80. The molecule has 3 amide bonds. The van der Waals surface area contributed by atoms with Gasteiger partial charge in [0.1, 0.15) is 6.04 Å². The quantitative estimate of drug-likeness (QED) is 0.807. The number of fused-ring (bicyclic) bond motifs is 1. The second-order valence-corrected chi connectivity index (χ2v) is 7.11. The fourth-order valence-electron chi connectivity index (χ4n) is 3.74. The molecule has 0 bridgehead atoms. The Hall–Kier alpha value is -1.43. The Labute approximate surface area is 127 Å². The van der Waals surface area contributed by atoms with Crippen LogP contribution in [0.4, 0.5) is 4.79 Å². The van der Waals surface area contributed by atoms with E-state index in [9.17, 15) is 9.59 Å². The van der Waals surface area contributed by atoms with E-state index in [1.165, 1.54) is 35.6 Å². The molecule has 0 radical (unpaired) electrons. The zero-order valence-electron chi connectivity index (χ0n) is 12.0. The largest absolute Gasteiger partial charge is 0.327 e. The number of amides is 3. The van der Waals surface area contributed by atoms with E-state index in [4.69, 9.17) is 0 Å². The first kappa shape index (κ1) is 13.2.